The topological polar surface area (TPSA) is 49.4 Å². The van der Waals surface area contributed by atoms with Crippen LogP contribution in [0.2, 0.25) is 0 Å². The predicted molar refractivity (Wildman–Crippen MR) is 74.4 cm³/mol. The molecule has 0 saturated carbocycles. The maximum Gasteiger partial charge on any atom is 0.234 e. The van der Waals surface area contributed by atoms with Crippen molar-refractivity contribution < 1.29 is 9.59 Å². The van der Waals surface area contributed by atoms with Crippen LogP contribution in [0.15, 0.2) is 12.1 Å². The van der Waals surface area contributed by atoms with Gasteiger partial charge in [-0.05, 0) is 31.9 Å². The van der Waals surface area contributed by atoms with E-state index in [0.29, 0.717) is 19.6 Å². The van der Waals surface area contributed by atoms with E-state index >= 15 is 0 Å². The molecule has 1 aromatic rings. The second-order valence-corrected chi connectivity index (χ2v) is 5.26. The molecule has 1 aromatic carbocycles. The van der Waals surface area contributed by atoms with Gasteiger partial charge in [0.2, 0.25) is 5.91 Å². The van der Waals surface area contributed by atoms with Crippen molar-refractivity contribution in [3.05, 3.63) is 34.4 Å². The van der Waals surface area contributed by atoms with Crippen LogP contribution in [0.5, 0.6) is 0 Å². The second kappa shape index (κ2) is 5.53. The number of rotatable bonds is 3. The van der Waals surface area contributed by atoms with Gasteiger partial charge in [0.1, 0.15) is 0 Å². The van der Waals surface area contributed by atoms with Crippen LogP contribution in [0, 0.1) is 20.8 Å². The Balaban J connectivity index is 2.14. The molecule has 0 unspecified atom stereocenters. The Hall–Kier alpha value is -1.68. The van der Waals surface area contributed by atoms with Crippen LogP contribution in [-0.2, 0) is 4.79 Å². The van der Waals surface area contributed by atoms with Gasteiger partial charge < -0.3 is 5.32 Å². The van der Waals surface area contributed by atoms with Crippen molar-refractivity contribution in [3.8, 4) is 0 Å². The third-order valence-electron chi connectivity index (χ3n) is 3.44. The fraction of sp³-hybridized carbons (Fsp3) is 0.467. The van der Waals surface area contributed by atoms with Crippen molar-refractivity contribution in [1.82, 2.24) is 10.2 Å². The van der Waals surface area contributed by atoms with Crippen LogP contribution >= 0.6 is 0 Å². The molecule has 4 nitrogen and oxygen atoms in total. The standard InChI is InChI=1S/C15H20N2O2/c1-10-6-11(2)15(12(3)7-10)13(18)8-17-5-4-16-14(19)9-17/h6-7H,4-5,8-9H2,1-3H3,(H,16,19). The Morgan fingerprint density at radius 2 is 1.89 bits per heavy atom. The average molecular weight is 260 g/mol. The Morgan fingerprint density at radius 1 is 1.26 bits per heavy atom. The number of carbonyl (C=O) groups excluding carboxylic acids is 2. The molecular formula is C15H20N2O2. The highest BCUT2D eigenvalue weighted by Crippen LogP contribution is 2.17. The van der Waals surface area contributed by atoms with Crippen molar-refractivity contribution in [3.63, 3.8) is 0 Å². The number of ketones is 1. The van der Waals surface area contributed by atoms with Crippen LogP contribution in [0.1, 0.15) is 27.0 Å². The minimum atomic E-state index is -0.00333. The molecule has 2 rings (SSSR count). The summed E-state index contributed by atoms with van der Waals surface area (Å²) < 4.78 is 0. The zero-order chi connectivity index (χ0) is 14.0. The lowest BCUT2D eigenvalue weighted by molar-refractivity contribution is -0.123. The first-order chi connectivity index (χ1) is 8.97. The van der Waals surface area contributed by atoms with Crippen LogP contribution in [0.3, 0.4) is 0 Å². The summed E-state index contributed by atoms with van der Waals surface area (Å²) in [6.45, 7) is 7.96. The number of aryl methyl sites for hydroxylation is 3. The summed E-state index contributed by atoms with van der Waals surface area (Å²) in [5.74, 6) is 0.0982. The molecule has 4 heteroatoms. The Morgan fingerprint density at radius 3 is 2.47 bits per heavy atom. The van der Waals surface area contributed by atoms with Crippen LogP contribution in [0.25, 0.3) is 0 Å². The number of Topliss-reactive ketones (excluding diaryl/α,β-unsaturated/α-hetero) is 1. The minimum absolute atomic E-state index is 0.00333. The zero-order valence-corrected chi connectivity index (χ0v) is 11.7. The van der Waals surface area contributed by atoms with Crippen molar-refractivity contribution in [1.29, 1.82) is 0 Å². The van der Waals surface area contributed by atoms with E-state index in [4.69, 9.17) is 0 Å². The lowest BCUT2D eigenvalue weighted by Gasteiger charge is -2.26. The SMILES string of the molecule is Cc1cc(C)c(C(=O)CN2CCNC(=O)C2)c(C)c1. The highest BCUT2D eigenvalue weighted by atomic mass is 16.2. The van der Waals surface area contributed by atoms with Crippen molar-refractivity contribution >= 4 is 11.7 Å². The summed E-state index contributed by atoms with van der Waals surface area (Å²) >= 11 is 0. The molecule has 1 saturated heterocycles. The third kappa shape index (κ3) is 3.20. The van der Waals surface area contributed by atoms with Crippen LogP contribution in [0.4, 0.5) is 0 Å². The molecule has 0 spiro atoms. The van der Waals surface area contributed by atoms with E-state index in [0.717, 1.165) is 23.2 Å². The molecule has 102 valence electrons. The normalized spacial score (nSPS) is 16.3. The zero-order valence-electron chi connectivity index (χ0n) is 11.7. The van der Waals surface area contributed by atoms with Gasteiger partial charge in [-0.15, -0.1) is 0 Å². The molecule has 1 aliphatic rings. The van der Waals surface area contributed by atoms with Crippen molar-refractivity contribution in [2.75, 3.05) is 26.2 Å². The lowest BCUT2D eigenvalue weighted by Crippen LogP contribution is -2.49. The number of carbonyl (C=O) groups is 2. The van der Waals surface area contributed by atoms with Gasteiger partial charge in [0.25, 0.3) is 0 Å². The van der Waals surface area contributed by atoms with Gasteiger partial charge in [0, 0.05) is 18.7 Å². The number of piperazine rings is 1. The smallest absolute Gasteiger partial charge is 0.234 e. The molecular weight excluding hydrogens is 240 g/mol. The lowest BCUT2D eigenvalue weighted by atomic mass is 9.96. The van der Waals surface area contributed by atoms with E-state index in [1.54, 1.807) is 0 Å². The summed E-state index contributed by atoms with van der Waals surface area (Å²) in [6, 6.07) is 4.06. The molecule has 1 N–H and O–H groups in total. The monoisotopic (exact) mass is 260 g/mol. The quantitative estimate of drug-likeness (QED) is 0.832. The molecule has 0 aromatic heterocycles. The molecule has 1 aliphatic heterocycles. The van der Waals surface area contributed by atoms with Gasteiger partial charge >= 0.3 is 0 Å². The van der Waals surface area contributed by atoms with E-state index in [9.17, 15) is 9.59 Å². The van der Waals surface area contributed by atoms with Crippen molar-refractivity contribution in [2.45, 2.75) is 20.8 Å². The van der Waals surface area contributed by atoms with Gasteiger partial charge in [-0.2, -0.15) is 0 Å². The second-order valence-electron chi connectivity index (χ2n) is 5.26. The number of amides is 1. The molecule has 1 fully saturated rings. The fourth-order valence-corrected chi connectivity index (χ4v) is 2.73. The summed E-state index contributed by atoms with van der Waals surface area (Å²) in [5, 5.41) is 2.76. The molecule has 0 radical (unpaired) electrons. The first kappa shape index (κ1) is 13.7. The molecule has 19 heavy (non-hydrogen) atoms. The van der Waals surface area contributed by atoms with Crippen LogP contribution < -0.4 is 5.32 Å². The van der Waals surface area contributed by atoms with E-state index < -0.39 is 0 Å². The van der Waals surface area contributed by atoms with E-state index in [2.05, 4.69) is 5.32 Å². The summed E-state index contributed by atoms with van der Waals surface area (Å²) in [4.78, 5) is 25.6. The molecule has 0 atom stereocenters. The Bertz CT molecular complexity index is 500. The van der Waals surface area contributed by atoms with E-state index in [1.165, 1.54) is 5.56 Å². The van der Waals surface area contributed by atoms with Gasteiger partial charge in [0.05, 0.1) is 13.1 Å². The maximum absolute atomic E-state index is 12.4. The number of nitrogens with one attached hydrogen (secondary N) is 1. The fourth-order valence-electron chi connectivity index (χ4n) is 2.73. The van der Waals surface area contributed by atoms with E-state index in [1.807, 2.05) is 37.8 Å². The summed E-state index contributed by atoms with van der Waals surface area (Å²) in [6.07, 6.45) is 0. The molecule has 1 heterocycles. The first-order valence-corrected chi connectivity index (χ1v) is 6.57. The summed E-state index contributed by atoms with van der Waals surface area (Å²) in [7, 11) is 0. The number of nitrogens with zero attached hydrogens (tertiary/aromatic N) is 1. The Labute approximate surface area is 113 Å². The molecule has 1 amide bonds. The Kier molecular flexibility index (Phi) is 4.00. The largest absolute Gasteiger partial charge is 0.354 e. The van der Waals surface area contributed by atoms with Gasteiger partial charge in [-0.3, -0.25) is 14.5 Å². The maximum atomic E-state index is 12.4. The minimum Gasteiger partial charge on any atom is -0.354 e. The third-order valence-corrected chi connectivity index (χ3v) is 3.44. The van der Waals surface area contributed by atoms with E-state index in [-0.39, 0.29) is 11.7 Å². The number of hydrogen-bond donors (Lipinski definition) is 1. The highest BCUT2D eigenvalue weighted by Gasteiger charge is 2.21. The number of hydrogen-bond acceptors (Lipinski definition) is 3. The van der Waals surface area contributed by atoms with Gasteiger partial charge in [0.15, 0.2) is 5.78 Å². The highest BCUT2D eigenvalue weighted by molar-refractivity contribution is 6.00. The van der Waals surface area contributed by atoms with Gasteiger partial charge in [-0.25, -0.2) is 0 Å². The number of benzene rings is 1. The summed E-state index contributed by atoms with van der Waals surface area (Å²) in [5.41, 5.74) is 4.01. The van der Waals surface area contributed by atoms with Gasteiger partial charge in [-0.1, -0.05) is 17.7 Å². The molecule has 0 bridgehead atoms. The average Bonchev–Trinajstić information content (AvgIpc) is 2.27. The molecule has 0 aliphatic carbocycles. The van der Waals surface area contributed by atoms with Crippen molar-refractivity contribution in [2.24, 2.45) is 0 Å². The van der Waals surface area contributed by atoms with Crippen LogP contribution in [-0.4, -0.2) is 42.8 Å². The first-order valence-electron chi connectivity index (χ1n) is 6.57. The predicted octanol–water partition coefficient (Wildman–Crippen LogP) is 1.23.